The summed E-state index contributed by atoms with van der Waals surface area (Å²) in [7, 11) is 0. The quantitative estimate of drug-likeness (QED) is 0.676. The van der Waals surface area contributed by atoms with Crippen molar-refractivity contribution in [1.82, 2.24) is 9.97 Å². The molecule has 0 aliphatic rings. The Kier molecular flexibility index (Phi) is 2.62. The Balaban J connectivity index is 3.31. The second kappa shape index (κ2) is 3.35. The molecule has 0 atom stereocenters. The summed E-state index contributed by atoms with van der Waals surface area (Å²) in [6.07, 6.45) is 0. The fourth-order valence-electron chi connectivity index (χ4n) is 0.941. The molecule has 2 nitrogen and oxygen atoms in total. The van der Waals surface area contributed by atoms with Crippen LogP contribution in [0.4, 0.5) is 0 Å². The fourth-order valence-corrected chi connectivity index (χ4v) is 1.19. The predicted molar refractivity (Wildman–Crippen MR) is 53.0 cm³/mol. The zero-order chi connectivity index (χ0) is 9.30. The molecule has 1 aromatic rings. The van der Waals surface area contributed by atoms with Crippen molar-refractivity contribution in [2.75, 3.05) is 0 Å². The van der Waals surface area contributed by atoms with Gasteiger partial charge in [0.1, 0.15) is 10.5 Å². The molecule has 66 valence electrons. The van der Waals surface area contributed by atoms with Gasteiger partial charge in [0, 0.05) is 17.2 Å². The molecule has 0 aliphatic carbocycles. The van der Waals surface area contributed by atoms with E-state index in [9.17, 15) is 0 Å². The first-order valence-corrected chi connectivity index (χ1v) is 4.50. The number of aryl methyl sites for hydroxylation is 1. The van der Waals surface area contributed by atoms with E-state index in [2.05, 4.69) is 23.8 Å². The van der Waals surface area contributed by atoms with E-state index in [0.717, 1.165) is 21.7 Å². The second-order valence-corrected chi connectivity index (χ2v) is 3.72. The number of hydrogen-bond donors (Lipinski definition) is 1. The van der Waals surface area contributed by atoms with Crippen LogP contribution in [0.1, 0.15) is 36.8 Å². The molecule has 0 saturated heterocycles. The number of aromatic amines is 1. The van der Waals surface area contributed by atoms with Gasteiger partial charge in [0.25, 0.3) is 0 Å². The number of aromatic nitrogens is 2. The van der Waals surface area contributed by atoms with E-state index in [1.54, 1.807) is 0 Å². The van der Waals surface area contributed by atoms with Gasteiger partial charge in [0.2, 0.25) is 0 Å². The summed E-state index contributed by atoms with van der Waals surface area (Å²) in [6.45, 7) is 8.22. The van der Waals surface area contributed by atoms with Crippen molar-refractivity contribution < 1.29 is 0 Å². The highest BCUT2D eigenvalue weighted by Gasteiger charge is 2.03. The number of nitrogens with one attached hydrogen (secondary N) is 1. The maximum absolute atomic E-state index is 5.12. The lowest BCUT2D eigenvalue weighted by atomic mass is 10.2. The van der Waals surface area contributed by atoms with Crippen LogP contribution >= 0.6 is 12.2 Å². The lowest BCUT2D eigenvalue weighted by Gasteiger charge is -2.07. The van der Waals surface area contributed by atoms with Gasteiger partial charge in [-0.25, -0.2) is 4.98 Å². The van der Waals surface area contributed by atoms with Gasteiger partial charge < -0.3 is 4.98 Å². The number of H-pyrrole nitrogens is 1. The molecular formula is C9H14N2S. The van der Waals surface area contributed by atoms with Crippen LogP contribution in [0.5, 0.6) is 0 Å². The van der Waals surface area contributed by atoms with Crippen molar-refractivity contribution in [2.24, 2.45) is 0 Å². The van der Waals surface area contributed by atoms with Crippen LogP contribution in [-0.2, 0) is 0 Å². The van der Waals surface area contributed by atoms with Crippen LogP contribution < -0.4 is 0 Å². The van der Waals surface area contributed by atoms with Gasteiger partial charge in [-0.3, -0.25) is 0 Å². The Morgan fingerprint density at radius 1 is 1.33 bits per heavy atom. The van der Waals surface area contributed by atoms with Crippen LogP contribution in [-0.4, -0.2) is 9.97 Å². The molecule has 0 aliphatic heterocycles. The summed E-state index contributed by atoms with van der Waals surface area (Å²) >= 11 is 5.12. The molecule has 0 bridgehead atoms. The maximum Gasteiger partial charge on any atom is 0.132 e. The number of rotatable bonds is 1. The Morgan fingerprint density at radius 2 is 1.92 bits per heavy atom. The molecular weight excluding hydrogens is 168 g/mol. The number of hydrogen-bond acceptors (Lipinski definition) is 2. The van der Waals surface area contributed by atoms with Crippen molar-refractivity contribution in [2.45, 2.75) is 33.6 Å². The third kappa shape index (κ3) is 1.72. The molecule has 0 saturated carbocycles. The lowest BCUT2D eigenvalue weighted by Crippen LogP contribution is -2.01. The van der Waals surface area contributed by atoms with E-state index in [-0.39, 0.29) is 0 Å². The van der Waals surface area contributed by atoms with Gasteiger partial charge in [0.15, 0.2) is 0 Å². The molecule has 0 fully saturated rings. The molecule has 0 spiro atoms. The second-order valence-electron chi connectivity index (χ2n) is 3.33. The van der Waals surface area contributed by atoms with Crippen LogP contribution in [0.15, 0.2) is 0 Å². The van der Waals surface area contributed by atoms with Crippen LogP contribution in [0.3, 0.4) is 0 Å². The average molecular weight is 182 g/mol. The molecule has 1 heterocycles. The standard InChI is InChI=1S/C9H14N2S/c1-5(2)8-10-7(4)6(3)9(12)11-8/h5H,1-4H3,(H,10,11,12). The molecule has 1 aromatic heterocycles. The van der Waals surface area contributed by atoms with Crippen LogP contribution in [0, 0.1) is 18.5 Å². The average Bonchev–Trinajstić information content (AvgIpc) is 1.99. The van der Waals surface area contributed by atoms with Gasteiger partial charge in [-0.1, -0.05) is 26.1 Å². The largest absolute Gasteiger partial charge is 0.347 e. The maximum atomic E-state index is 5.12. The van der Waals surface area contributed by atoms with Crippen molar-refractivity contribution in [3.63, 3.8) is 0 Å². The summed E-state index contributed by atoms with van der Waals surface area (Å²) in [6, 6.07) is 0. The monoisotopic (exact) mass is 182 g/mol. The van der Waals surface area contributed by atoms with Crippen LogP contribution in [0.2, 0.25) is 0 Å². The first-order valence-electron chi connectivity index (χ1n) is 4.09. The van der Waals surface area contributed by atoms with E-state index in [4.69, 9.17) is 12.2 Å². The third-order valence-corrected chi connectivity index (χ3v) is 2.37. The van der Waals surface area contributed by atoms with E-state index in [1.807, 2.05) is 13.8 Å². The fraction of sp³-hybridized carbons (Fsp3) is 0.556. The first-order chi connectivity index (χ1) is 5.52. The summed E-state index contributed by atoms with van der Waals surface area (Å²) in [5.74, 6) is 1.38. The van der Waals surface area contributed by atoms with Gasteiger partial charge in [-0.15, -0.1) is 0 Å². The molecule has 3 heteroatoms. The third-order valence-electron chi connectivity index (χ3n) is 1.97. The minimum Gasteiger partial charge on any atom is -0.347 e. The number of nitrogens with zero attached hydrogens (tertiary/aromatic N) is 1. The minimum atomic E-state index is 0.408. The Labute approximate surface area is 78.1 Å². The molecule has 0 aromatic carbocycles. The summed E-state index contributed by atoms with van der Waals surface area (Å²) in [5.41, 5.74) is 2.20. The van der Waals surface area contributed by atoms with Gasteiger partial charge in [-0.05, 0) is 13.8 Å². The predicted octanol–water partition coefficient (Wildman–Crippen LogP) is 2.88. The van der Waals surface area contributed by atoms with Crippen molar-refractivity contribution in [3.8, 4) is 0 Å². The van der Waals surface area contributed by atoms with E-state index < -0.39 is 0 Å². The van der Waals surface area contributed by atoms with Gasteiger partial charge >= 0.3 is 0 Å². The SMILES string of the molecule is Cc1[nH]c(C(C)C)nc(=S)c1C. The zero-order valence-corrected chi connectivity index (χ0v) is 8.75. The topological polar surface area (TPSA) is 28.7 Å². The van der Waals surface area contributed by atoms with Crippen LogP contribution in [0.25, 0.3) is 0 Å². The summed E-state index contributed by atoms with van der Waals surface area (Å²) < 4.78 is 0.718. The van der Waals surface area contributed by atoms with Crippen molar-refractivity contribution >= 4 is 12.2 Å². The Bertz CT molecular complexity index is 339. The molecule has 1 N–H and O–H groups in total. The van der Waals surface area contributed by atoms with Gasteiger partial charge in [-0.2, -0.15) is 0 Å². The Hall–Kier alpha value is -0.700. The molecule has 1 rings (SSSR count). The lowest BCUT2D eigenvalue weighted by molar-refractivity contribution is 0.759. The van der Waals surface area contributed by atoms with Crippen molar-refractivity contribution in [3.05, 3.63) is 21.7 Å². The zero-order valence-electron chi connectivity index (χ0n) is 7.93. The normalized spacial score (nSPS) is 10.8. The highest BCUT2D eigenvalue weighted by Crippen LogP contribution is 2.11. The molecule has 0 unspecified atom stereocenters. The molecule has 0 radical (unpaired) electrons. The van der Waals surface area contributed by atoms with E-state index in [0.29, 0.717) is 5.92 Å². The highest BCUT2D eigenvalue weighted by atomic mass is 32.1. The Morgan fingerprint density at radius 3 is 2.33 bits per heavy atom. The summed E-state index contributed by atoms with van der Waals surface area (Å²) in [4.78, 5) is 7.53. The highest BCUT2D eigenvalue weighted by molar-refractivity contribution is 7.71. The molecule has 0 amide bonds. The minimum absolute atomic E-state index is 0.408. The molecule has 12 heavy (non-hydrogen) atoms. The first kappa shape index (κ1) is 9.39. The van der Waals surface area contributed by atoms with Crippen molar-refractivity contribution in [1.29, 1.82) is 0 Å². The van der Waals surface area contributed by atoms with E-state index >= 15 is 0 Å². The van der Waals surface area contributed by atoms with E-state index in [1.165, 1.54) is 0 Å². The summed E-state index contributed by atoms with van der Waals surface area (Å²) in [5, 5.41) is 0. The smallest absolute Gasteiger partial charge is 0.132 e. The van der Waals surface area contributed by atoms with Gasteiger partial charge in [0.05, 0.1) is 0 Å².